The number of hydrogen-bond donors (Lipinski definition) is 0. The fourth-order valence-corrected chi connectivity index (χ4v) is 10.3. The van der Waals surface area contributed by atoms with E-state index in [-0.39, 0.29) is 0 Å². The van der Waals surface area contributed by atoms with Gasteiger partial charge in [-0.2, -0.15) is 0 Å². The molecule has 0 bridgehead atoms. The van der Waals surface area contributed by atoms with Gasteiger partial charge in [0.1, 0.15) is 0 Å². The van der Waals surface area contributed by atoms with E-state index in [9.17, 15) is 0 Å². The maximum atomic E-state index is 2.59. The predicted octanol–water partition coefficient (Wildman–Crippen LogP) is 5.05. The second-order valence-electron chi connectivity index (χ2n) is 7.09. The maximum absolute atomic E-state index is 2.59. The number of hydrogen-bond acceptors (Lipinski definition) is 0. The molecule has 2 heteroatoms. The Bertz CT molecular complexity index is 478. The van der Waals surface area contributed by atoms with Crippen LogP contribution in [0.4, 0.5) is 0 Å². The molecular formula is C18H26Si2. The molecular weight excluding hydrogens is 272 g/mol. The third-order valence-electron chi connectivity index (χ3n) is 4.81. The summed E-state index contributed by atoms with van der Waals surface area (Å²) in [6.07, 6.45) is 0. The van der Waals surface area contributed by atoms with Crippen LogP contribution in [0.25, 0.3) is 0 Å². The van der Waals surface area contributed by atoms with Crippen molar-refractivity contribution in [3.63, 3.8) is 0 Å². The van der Waals surface area contributed by atoms with Crippen LogP contribution < -0.4 is 0 Å². The Kier molecular flexibility index (Phi) is 4.66. The van der Waals surface area contributed by atoms with E-state index in [1.807, 2.05) is 0 Å². The van der Waals surface area contributed by atoms with Gasteiger partial charge in [-0.05, 0) is 12.1 Å². The molecule has 0 N–H and O–H groups in total. The van der Waals surface area contributed by atoms with Gasteiger partial charge < -0.3 is 0 Å². The van der Waals surface area contributed by atoms with Gasteiger partial charge in [-0.3, -0.25) is 0 Å². The summed E-state index contributed by atoms with van der Waals surface area (Å²) in [5.41, 5.74) is 3.05. The molecule has 0 aromatic heterocycles. The van der Waals surface area contributed by atoms with Crippen molar-refractivity contribution in [2.45, 2.75) is 38.3 Å². The van der Waals surface area contributed by atoms with Crippen molar-refractivity contribution in [1.82, 2.24) is 0 Å². The topological polar surface area (TPSA) is 0 Å². The Morgan fingerprint density at radius 2 is 0.850 bits per heavy atom. The molecule has 20 heavy (non-hydrogen) atoms. The Labute approximate surface area is 125 Å². The van der Waals surface area contributed by atoms with Crippen molar-refractivity contribution in [2.24, 2.45) is 0 Å². The third kappa shape index (κ3) is 3.71. The highest BCUT2D eigenvalue weighted by molar-refractivity contribution is 7.40. The molecule has 0 aliphatic carbocycles. The molecule has 2 rings (SSSR count). The molecule has 0 saturated heterocycles. The molecule has 0 nitrogen and oxygen atoms in total. The molecule has 0 spiro atoms. The molecule has 0 aliphatic rings. The molecule has 2 aromatic rings. The second kappa shape index (κ2) is 6.10. The summed E-state index contributed by atoms with van der Waals surface area (Å²) < 4.78 is 0. The zero-order chi connectivity index (χ0) is 14.6. The fraction of sp³-hybridized carbons (Fsp3) is 0.333. The van der Waals surface area contributed by atoms with Gasteiger partial charge in [0.05, 0.1) is 0 Å². The first kappa shape index (κ1) is 15.3. The van der Waals surface area contributed by atoms with E-state index >= 15 is 0 Å². The molecule has 2 aromatic carbocycles. The summed E-state index contributed by atoms with van der Waals surface area (Å²) in [6.45, 7) is 10.4. The minimum Gasteiger partial charge on any atom is -0.0710 e. The van der Waals surface area contributed by atoms with Gasteiger partial charge in [-0.1, -0.05) is 98.0 Å². The SMILES string of the molecule is C[Si](C)(Cc1ccccc1)[Si](C)(C)Cc1ccccc1. The van der Waals surface area contributed by atoms with E-state index in [0.717, 1.165) is 0 Å². The van der Waals surface area contributed by atoms with Gasteiger partial charge in [0.2, 0.25) is 0 Å². The summed E-state index contributed by atoms with van der Waals surface area (Å²) in [6, 6.07) is 24.7. The van der Waals surface area contributed by atoms with Crippen molar-refractivity contribution in [3.05, 3.63) is 71.8 Å². The second-order valence-corrected chi connectivity index (χ2v) is 23.5. The lowest BCUT2D eigenvalue weighted by atomic mass is 10.2. The first-order valence-electron chi connectivity index (χ1n) is 7.49. The van der Waals surface area contributed by atoms with Crippen molar-refractivity contribution in [1.29, 1.82) is 0 Å². The Morgan fingerprint density at radius 1 is 0.550 bits per heavy atom. The molecule has 0 fully saturated rings. The molecule has 0 heterocycles. The molecule has 0 amide bonds. The predicted molar refractivity (Wildman–Crippen MR) is 95.3 cm³/mol. The normalized spacial score (nSPS) is 12.4. The Morgan fingerprint density at radius 3 is 1.15 bits per heavy atom. The van der Waals surface area contributed by atoms with Gasteiger partial charge in [-0.15, -0.1) is 0 Å². The van der Waals surface area contributed by atoms with Crippen LogP contribution in [0.5, 0.6) is 0 Å². The minimum atomic E-state index is -1.22. The molecule has 0 aliphatic heterocycles. The van der Waals surface area contributed by atoms with Crippen LogP contribution in [0.15, 0.2) is 60.7 Å². The first-order chi connectivity index (χ1) is 9.41. The van der Waals surface area contributed by atoms with Gasteiger partial charge in [0.25, 0.3) is 0 Å². The van der Waals surface area contributed by atoms with Gasteiger partial charge >= 0.3 is 0 Å². The molecule has 0 radical (unpaired) electrons. The van der Waals surface area contributed by atoms with E-state index in [0.29, 0.717) is 0 Å². The zero-order valence-electron chi connectivity index (χ0n) is 13.2. The molecule has 0 unspecified atom stereocenters. The highest BCUT2D eigenvalue weighted by Crippen LogP contribution is 2.26. The van der Waals surface area contributed by atoms with Gasteiger partial charge in [-0.25, -0.2) is 0 Å². The van der Waals surface area contributed by atoms with E-state index in [4.69, 9.17) is 0 Å². The fourth-order valence-electron chi connectivity index (χ4n) is 2.69. The maximum Gasteiger partial charge on any atom is 0.0460 e. The monoisotopic (exact) mass is 298 g/mol. The summed E-state index contributed by atoms with van der Waals surface area (Å²) in [4.78, 5) is 0. The highest BCUT2D eigenvalue weighted by Gasteiger charge is 2.40. The van der Waals surface area contributed by atoms with E-state index in [1.54, 1.807) is 0 Å². The van der Waals surface area contributed by atoms with Crippen LogP contribution in [-0.4, -0.2) is 15.2 Å². The van der Waals surface area contributed by atoms with Crippen LogP contribution in [0, 0.1) is 0 Å². The Balaban J connectivity index is 2.14. The standard InChI is InChI=1S/C18H26Si2/c1-19(2,15-17-11-7-5-8-12-17)20(3,4)16-18-13-9-6-10-14-18/h5-14H,15-16H2,1-4H3. The van der Waals surface area contributed by atoms with E-state index in [2.05, 4.69) is 86.9 Å². The van der Waals surface area contributed by atoms with Crippen LogP contribution >= 0.6 is 0 Å². The molecule has 0 atom stereocenters. The van der Waals surface area contributed by atoms with E-state index in [1.165, 1.54) is 23.2 Å². The zero-order valence-corrected chi connectivity index (χ0v) is 15.2. The van der Waals surface area contributed by atoms with Crippen LogP contribution in [0.3, 0.4) is 0 Å². The smallest absolute Gasteiger partial charge is 0.0460 e. The summed E-state index contributed by atoms with van der Waals surface area (Å²) in [5, 5.41) is 0. The lowest BCUT2D eigenvalue weighted by Gasteiger charge is -2.39. The highest BCUT2D eigenvalue weighted by atomic mass is 29.3. The summed E-state index contributed by atoms with van der Waals surface area (Å²) in [7, 11) is -2.43. The van der Waals surface area contributed by atoms with Gasteiger partial charge in [0.15, 0.2) is 0 Å². The average Bonchev–Trinajstić information content (AvgIpc) is 2.40. The first-order valence-corrected chi connectivity index (χ1v) is 14.9. The summed E-state index contributed by atoms with van der Waals surface area (Å²) >= 11 is 0. The Hall–Kier alpha value is -1.13. The van der Waals surface area contributed by atoms with Crippen molar-refractivity contribution >= 4 is 15.2 Å². The van der Waals surface area contributed by atoms with E-state index < -0.39 is 15.2 Å². The van der Waals surface area contributed by atoms with Gasteiger partial charge in [0, 0.05) is 15.2 Å². The lowest BCUT2D eigenvalue weighted by molar-refractivity contribution is 1.28. The third-order valence-corrected chi connectivity index (χ3v) is 23.1. The van der Waals surface area contributed by atoms with Crippen LogP contribution in [0.1, 0.15) is 11.1 Å². The quantitative estimate of drug-likeness (QED) is 0.678. The van der Waals surface area contributed by atoms with Crippen molar-refractivity contribution < 1.29 is 0 Å². The van der Waals surface area contributed by atoms with Crippen LogP contribution in [-0.2, 0) is 12.1 Å². The van der Waals surface area contributed by atoms with Crippen molar-refractivity contribution in [2.75, 3.05) is 0 Å². The lowest BCUT2D eigenvalue weighted by Crippen LogP contribution is -2.58. The summed E-state index contributed by atoms with van der Waals surface area (Å²) in [5.74, 6) is 0. The minimum absolute atomic E-state index is 1.22. The number of rotatable bonds is 5. The molecule has 0 saturated carbocycles. The van der Waals surface area contributed by atoms with Crippen molar-refractivity contribution in [3.8, 4) is 0 Å². The average molecular weight is 299 g/mol. The molecule has 106 valence electrons. The largest absolute Gasteiger partial charge is 0.0710 e. The number of benzene rings is 2. The van der Waals surface area contributed by atoms with Crippen LogP contribution in [0.2, 0.25) is 26.2 Å².